The van der Waals surface area contributed by atoms with E-state index in [4.69, 9.17) is 5.11 Å². The predicted octanol–water partition coefficient (Wildman–Crippen LogP) is 4.95. The number of aromatic hydroxyl groups is 1. The molecule has 3 N–H and O–H groups in total. The quantitative estimate of drug-likeness (QED) is 0.422. The van der Waals surface area contributed by atoms with Crippen LogP contribution in [-0.4, -0.2) is 28.1 Å². The Morgan fingerprint density at radius 3 is 2.86 bits per heavy atom. The first kappa shape index (κ1) is 20.0. The van der Waals surface area contributed by atoms with Gasteiger partial charge in [-0.1, -0.05) is 12.2 Å². The van der Waals surface area contributed by atoms with Gasteiger partial charge in [0.2, 0.25) is 0 Å². The Morgan fingerprint density at radius 1 is 1.21 bits per heavy atom. The van der Waals surface area contributed by atoms with Crippen LogP contribution in [0, 0.1) is 17.8 Å². The van der Waals surface area contributed by atoms with Gasteiger partial charge in [-0.2, -0.15) is 0 Å². The second kappa shape index (κ2) is 8.57. The Balaban J connectivity index is 1.41. The highest BCUT2D eigenvalue weighted by Gasteiger charge is 2.47. The first-order valence-corrected chi connectivity index (χ1v) is 11.3. The summed E-state index contributed by atoms with van der Waals surface area (Å²) in [6, 6.07) is 5.35. The topological polar surface area (TPSA) is 86.6 Å². The van der Waals surface area contributed by atoms with Gasteiger partial charge in [-0.25, -0.2) is 0 Å². The Morgan fingerprint density at radius 2 is 2.03 bits per heavy atom. The second-order valence-corrected chi connectivity index (χ2v) is 9.23. The summed E-state index contributed by atoms with van der Waals surface area (Å²) in [7, 11) is 0. The van der Waals surface area contributed by atoms with Crippen molar-refractivity contribution >= 4 is 33.3 Å². The van der Waals surface area contributed by atoms with Crippen LogP contribution in [0.3, 0.4) is 0 Å². The van der Waals surface area contributed by atoms with Gasteiger partial charge < -0.3 is 15.5 Å². The van der Waals surface area contributed by atoms with Crippen molar-refractivity contribution in [2.75, 3.05) is 0 Å². The number of unbranched alkanes of at least 4 members (excludes halogenated alkanes) is 1. The molecule has 1 aromatic heterocycles. The van der Waals surface area contributed by atoms with E-state index in [0.717, 1.165) is 22.9 Å². The first-order chi connectivity index (χ1) is 14.0. The summed E-state index contributed by atoms with van der Waals surface area (Å²) in [6.07, 6.45) is 10.5. The molecule has 1 aromatic carbocycles. The maximum Gasteiger partial charge on any atom is 0.303 e. The minimum atomic E-state index is -0.747. The summed E-state index contributed by atoms with van der Waals surface area (Å²) < 4.78 is 1.00. The average molecular weight is 414 g/mol. The number of carbonyl (C=O) groups excluding carboxylic acids is 1. The molecule has 5 nitrogen and oxygen atoms in total. The molecule has 0 aliphatic heterocycles. The highest BCUT2D eigenvalue weighted by Crippen LogP contribution is 2.50. The number of benzene rings is 1. The number of thiophene rings is 1. The number of fused-ring (bicyclic) bond motifs is 3. The molecule has 0 radical (unpaired) electrons. The number of allylic oxidation sites excluding steroid dienone is 2. The maximum atomic E-state index is 13.0. The third-order valence-electron chi connectivity index (χ3n) is 6.52. The Labute approximate surface area is 174 Å². The number of carbonyl (C=O) groups is 2. The van der Waals surface area contributed by atoms with E-state index in [1.165, 1.54) is 30.6 Å². The number of carboxylic acid groups (broad SMARTS) is 1. The maximum absolute atomic E-state index is 13.0. The number of rotatable bonds is 8. The Hall–Kier alpha value is -2.34. The summed E-state index contributed by atoms with van der Waals surface area (Å²) in [5, 5.41) is 24.5. The van der Waals surface area contributed by atoms with E-state index in [1.807, 2.05) is 11.4 Å². The zero-order valence-electron chi connectivity index (χ0n) is 16.3. The van der Waals surface area contributed by atoms with Gasteiger partial charge >= 0.3 is 5.97 Å². The highest BCUT2D eigenvalue weighted by atomic mass is 32.1. The van der Waals surface area contributed by atoms with Gasteiger partial charge in [0.25, 0.3) is 5.91 Å². The van der Waals surface area contributed by atoms with Gasteiger partial charge in [0, 0.05) is 27.9 Å². The summed E-state index contributed by atoms with van der Waals surface area (Å²) in [5.74, 6) is 1.05. The van der Waals surface area contributed by atoms with Crippen molar-refractivity contribution in [1.82, 2.24) is 5.32 Å². The monoisotopic (exact) mass is 413 g/mol. The molecule has 29 heavy (non-hydrogen) atoms. The molecule has 2 bridgehead atoms. The van der Waals surface area contributed by atoms with E-state index in [0.29, 0.717) is 29.7 Å². The van der Waals surface area contributed by atoms with Crippen molar-refractivity contribution in [3.8, 4) is 5.75 Å². The third-order valence-corrected chi connectivity index (χ3v) is 7.49. The third kappa shape index (κ3) is 4.32. The molecule has 1 amide bonds. The average Bonchev–Trinajstić information content (AvgIpc) is 3.39. The zero-order valence-corrected chi connectivity index (χ0v) is 17.2. The molecule has 154 valence electrons. The standard InChI is InChI=1S/C23H27NO4S/c25-16-9-10-20-18(12-16)19(13-29-20)23(28)24-22-15-8-7-14(11-15)17(22)5-3-1-2-4-6-21(26)27/h1,3,9-10,12-15,17,22,25H,2,4-8,11H2,(H,24,28)(H,26,27)/t14-,15+,17+,22+/m1/s1. The van der Waals surface area contributed by atoms with Crippen LogP contribution in [0.2, 0.25) is 0 Å². The van der Waals surface area contributed by atoms with Crippen molar-refractivity contribution in [2.24, 2.45) is 17.8 Å². The molecule has 2 aliphatic carbocycles. The van der Waals surface area contributed by atoms with Crippen LogP contribution < -0.4 is 5.32 Å². The molecule has 4 rings (SSSR count). The fourth-order valence-corrected chi connectivity index (χ4v) is 6.06. The van der Waals surface area contributed by atoms with Crippen LogP contribution in [-0.2, 0) is 4.79 Å². The van der Waals surface area contributed by atoms with Crippen LogP contribution in [0.25, 0.3) is 10.1 Å². The van der Waals surface area contributed by atoms with Crippen molar-refractivity contribution in [3.63, 3.8) is 0 Å². The number of nitrogens with one attached hydrogen (secondary N) is 1. The number of hydrogen-bond acceptors (Lipinski definition) is 4. The Bertz CT molecular complexity index is 934. The molecule has 1 heterocycles. The van der Waals surface area contributed by atoms with Gasteiger partial charge in [-0.15, -0.1) is 11.3 Å². The molecule has 0 unspecified atom stereocenters. The van der Waals surface area contributed by atoms with E-state index in [-0.39, 0.29) is 24.1 Å². The lowest BCUT2D eigenvalue weighted by molar-refractivity contribution is -0.137. The number of hydrogen-bond donors (Lipinski definition) is 3. The van der Waals surface area contributed by atoms with Crippen LogP contribution in [0.1, 0.15) is 55.3 Å². The number of phenols is 1. The Kier molecular flexibility index (Phi) is 5.90. The second-order valence-electron chi connectivity index (χ2n) is 8.32. The fraction of sp³-hybridized carbons (Fsp3) is 0.478. The van der Waals surface area contributed by atoms with E-state index in [1.54, 1.807) is 12.1 Å². The minimum Gasteiger partial charge on any atom is -0.508 e. The van der Waals surface area contributed by atoms with Gasteiger partial charge in [0.05, 0.1) is 5.56 Å². The number of phenolic OH excluding ortho intramolecular Hbond substituents is 1. The molecule has 6 heteroatoms. The van der Waals surface area contributed by atoms with E-state index < -0.39 is 5.97 Å². The van der Waals surface area contributed by atoms with E-state index in [9.17, 15) is 14.7 Å². The minimum absolute atomic E-state index is 0.0464. The van der Waals surface area contributed by atoms with Crippen molar-refractivity contribution in [2.45, 2.75) is 51.0 Å². The van der Waals surface area contributed by atoms with Crippen LogP contribution in [0.4, 0.5) is 0 Å². The summed E-state index contributed by atoms with van der Waals surface area (Å²) in [6.45, 7) is 0. The van der Waals surface area contributed by atoms with Crippen LogP contribution in [0.5, 0.6) is 5.75 Å². The number of aliphatic carboxylic acids is 1. The molecular weight excluding hydrogens is 386 g/mol. The van der Waals surface area contributed by atoms with Gasteiger partial charge in [0.1, 0.15) is 5.75 Å². The number of carboxylic acids is 1. The first-order valence-electron chi connectivity index (χ1n) is 10.4. The van der Waals surface area contributed by atoms with Crippen LogP contribution in [0.15, 0.2) is 35.7 Å². The smallest absolute Gasteiger partial charge is 0.303 e. The molecule has 0 saturated heterocycles. The molecule has 2 fully saturated rings. The normalized spacial score (nSPS) is 25.8. The van der Waals surface area contributed by atoms with Crippen molar-refractivity contribution in [1.29, 1.82) is 0 Å². The van der Waals surface area contributed by atoms with Gasteiger partial charge in [-0.3, -0.25) is 9.59 Å². The summed E-state index contributed by atoms with van der Waals surface area (Å²) in [4.78, 5) is 23.6. The van der Waals surface area contributed by atoms with Gasteiger partial charge in [0.15, 0.2) is 0 Å². The number of amides is 1. The largest absolute Gasteiger partial charge is 0.508 e. The molecule has 4 atom stereocenters. The zero-order chi connectivity index (χ0) is 20.4. The lowest BCUT2D eigenvalue weighted by atomic mass is 9.82. The van der Waals surface area contributed by atoms with E-state index >= 15 is 0 Å². The summed E-state index contributed by atoms with van der Waals surface area (Å²) >= 11 is 1.52. The molecule has 2 saturated carbocycles. The lowest BCUT2D eigenvalue weighted by Gasteiger charge is -2.31. The molecular formula is C23H27NO4S. The molecule has 2 aliphatic rings. The van der Waals surface area contributed by atoms with Crippen molar-refractivity contribution < 1.29 is 19.8 Å². The molecule has 2 aromatic rings. The SMILES string of the molecule is O=C(O)CCCC=CC[C@H]1[C@@H]2CC[C@@H](C2)[C@@H]1NC(=O)c1csc2ccc(O)cc12. The van der Waals surface area contributed by atoms with Crippen molar-refractivity contribution in [3.05, 3.63) is 41.3 Å². The highest BCUT2D eigenvalue weighted by molar-refractivity contribution is 7.17. The van der Waals surface area contributed by atoms with Gasteiger partial charge in [-0.05, 0) is 74.5 Å². The lowest BCUT2D eigenvalue weighted by Crippen LogP contribution is -2.43. The predicted molar refractivity (Wildman–Crippen MR) is 114 cm³/mol. The van der Waals surface area contributed by atoms with Crippen LogP contribution >= 0.6 is 11.3 Å². The summed E-state index contributed by atoms with van der Waals surface area (Å²) in [5.41, 5.74) is 0.645. The fourth-order valence-electron chi connectivity index (χ4n) is 5.14. The van der Waals surface area contributed by atoms with E-state index in [2.05, 4.69) is 17.5 Å². The molecule has 0 spiro atoms.